The van der Waals surface area contributed by atoms with E-state index in [0.717, 1.165) is 38.4 Å². The summed E-state index contributed by atoms with van der Waals surface area (Å²) < 4.78 is 0. The maximum Gasteiger partial charge on any atom is 0.321 e. The molecule has 1 fully saturated rings. The van der Waals surface area contributed by atoms with E-state index in [0.29, 0.717) is 0 Å². The van der Waals surface area contributed by atoms with Gasteiger partial charge in [0.1, 0.15) is 0 Å². The van der Waals surface area contributed by atoms with Crippen molar-refractivity contribution in [1.29, 1.82) is 0 Å². The lowest BCUT2D eigenvalue weighted by Gasteiger charge is -2.34. The van der Waals surface area contributed by atoms with Gasteiger partial charge in [-0.3, -0.25) is 9.88 Å². The molecule has 1 aromatic carbocycles. The summed E-state index contributed by atoms with van der Waals surface area (Å²) >= 11 is 0. The Morgan fingerprint density at radius 3 is 2.52 bits per heavy atom. The molecule has 2 heterocycles. The number of hydrogen-bond donors (Lipinski definition) is 1. The molecular weight excluding hydrogens is 288 g/mol. The number of hydrogen-bond acceptors (Lipinski definition) is 3. The molecular formula is C18H22N4O. The molecule has 1 aliphatic rings. The highest BCUT2D eigenvalue weighted by molar-refractivity contribution is 5.89. The fourth-order valence-electron chi connectivity index (χ4n) is 2.70. The van der Waals surface area contributed by atoms with Crippen LogP contribution < -0.4 is 5.32 Å². The first-order valence-corrected chi connectivity index (χ1v) is 7.94. The largest absolute Gasteiger partial charge is 0.322 e. The highest BCUT2D eigenvalue weighted by Crippen LogP contribution is 2.12. The number of anilines is 1. The molecule has 2 amide bonds. The fourth-order valence-corrected chi connectivity index (χ4v) is 2.70. The van der Waals surface area contributed by atoms with E-state index in [1.807, 2.05) is 48.4 Å². The lowest BCUT2D eigenvalue weighted by atomic mass is 10.2. The Morgan fingerprint density at radius 2 is 1.87 bits per heavy atom. The Labute approximate surface area is 136 Å². The predicted molar refractivity (Wildman–Crippen MR) is 91.3 cm³/mol. The van der Waals surface area contributed by atoms with Crippen LogP contribution in [0.5, 0.6) is 0 Å². The van der Waals surface area contributed by atoms with Gasteiger partial charge in [0.2, 0.25) is 0 Å². The topological polar surface area (TPSA) is 48.5 Å². The summed E-state index contributed by atoms with van der Waals surface area (Å²) in [6, 6.07) is 11.9. The van der Waals surface area contributed by atoms with E-state index >= 15 is 0 Å². The smallest absolute Gasteiger partial charge is 0.321 e. The summed E-state index contributed by atoms with van der Waals surface area (Å²) in [5, 5.41) is 2.96. The van der Waals surface area contributed by atoms with E-state index < -0.39 is 0 Å². The number of carbonyl (C=O) groups is 1. The number of piperazine rings is 1. The minimum Gasteiger partial charge on any atom is -0.322 e. The van der Waals surface area contributed by atoms with Gasteiger partial charge in [-0.1, -0.05) is 23.8 Å². The molecule has 23 heavy (non-hydrogen) atoms. The quantitative estimate of drug-likeness (QED) is 0.948. The van der Waals surface area contributed by atoms with Crippen LogP contribution in [0.2, 0.25) is 0 Å². The second kappa shape index (κ2) is 7.24. The van der Waals surface area contributed by atoms with Crippen LogP contribution >= 0.6 is 0 Å². The van der Waals surface area contributed by atoms with Crippen LogP contribution in [-0.4, -0.2) is 47.0 Å². The number of rotatable bonds is 3. The van der Waals surface area contributed by atoms with E-state index in [4.69, 9.17) is 0 Å². The van der Waals surface area contributed by atoms with Crippen molar-refractivity contribution in [3.8, 4) is 0 Å². The van der Waals surface area contributed by atoms with Gasteiger partial charge in [0, 0.05) is 50.8 Å². The molecule has 1 saturated heterocycles. The minimum absolute atomic E-state index is 0.0186. The highest BCUT2D eigenvalue weighted by Gasteiger charge is 2.21. The van der Waals surface area contributed by atoms with Crippen LogP contribution in [0.25, 0.3) is 0 Å². The third-order valence-electron chi connectivity index (χ3n) is 4.09. The molecule has 0 unspecified atom stereocenters. The molecule has 5 heteroatoms. The Balaban J connectivity index is 1.48. The molecule has 0 atom stereocenters. The standard InChI is InChI=1S/C18H22N4O/c1-15-4-6-17(7-5-15)20-18(23)22-11-9-21(10-12-22)14-16-3-2-8-19-13-16/h2-8,13H,9-12,14H2,1H3,(H,20,23). The number of benzene rings is 1. The second-order valence-electron chi connectivity index (χ2n) is 5.92. The molecule has 2 aromatic rings. The van der Waals surface area contributed by atoms with Crippen LogP contribution in [0.3, 0.4) is 0 Å². The average Bonchev–Trinajstić information content (AvgIpc) is 2.58. The fraction of sp³-hybridized carbons (Fsp3) is 0.333. The first-order valence-electron chi connectivity index (χ1n) is 7.94. The highest BCUT2D eigenvalue weighted by atomic mass is 16.2. The lowest BCUT2D eigenvalue weighted by Crippen LogP contribution is -2.49. The number of urea groups is 1. The lowest BCUT2D eigenvalue weighted by molar-refractivity contribution is 0.143. The zero-order chi connectivity index (χ0) is 16.1. The molecule has 1 aliphatic heterocycles. The van der Waals surface area contributed by atoms with Crippen molar-refractivity contribution in [3.05, 3.63) is 59.9 Å². The van der Waals surface area contributed by atoms with Gasteiger partial charge in [0.05, 0.1) is 0 Å². The molecule has 120 valence electrons. The van der Waals surface area contributed by atoms with Gasteiger partial charge in [-0.25, -0.2) is 4.79 Å². The van der Waals surface area contributed by atoms with Crippen molar-refractivity contribution in [2.75, 3.05) is 31.5 Å². The summed E-state index contributed by atoms with van der Waals surface area (Å²) in [6.45, 7) is 6.19. The Hall–Kier alpha value is -2.40. The molecule has 0 spiro atoms. The summed E-state index contributed by atoms with van der Waals surface area (Å²) in [5.41, 5.74) is 3.25. The Bertz CT molecular complexity index is 634. The summed E-state index contributed by atoms with van der Waals surface area (Å²) in [6.07, 6.45) is 3.69. The van der Waals surface area contributed by atoms with Crippen LogP contribution in [0, 0.1) is 6.92 Å². The molecule has 0 aliphatic carbocycles. The molecule has 5 nitrogen and oxygen atoms in total. The van der Waals surface area contributed by atoms with E-state index in [1.165, 1.54) is 11.1 Å². The summed E-state index contributed by atoms with van der Waals surface area (Å²) in [5.74, 6) is 0. The summed E-state index contributed by atoms with van der Waals surface area (Å²) in [7, 11) is 0. The minimum atomic E-state index is -0.0186. The molecule has 0 saturated carbocycles. The molecule has 0 radical (unpaired) electrons. The van der Waals surface area contributed by atoms with E-state index in [9.17, 15) is 4.79 Å². The third kappa shape index (κ3) is 4.29. The molecule has 0 bridgehead atoms. The van der Waals surface area contributed by atoms with Crippen molar-refractivity contribution in [2.45, 2.75) is 13.5 Å². The maximum atomic E-state index is 12.3. The molecule has 1 N–H and O–H groups in total. The average molecular weight is 310 g/mol. The number of aromatic nitrogens is 1. The second-order valence-corrected chi connectivity index (χ2v) is 5.92. The van der Waals surface area contributed by atoms with Gasteiger partial charge in [-0.2, -0.15) is 0 Å². The van der Waals surface area contributed by atoms with E-state index in [1.54, 1.807) is 6.20 Å². The first kappa shape index (κ1) is 15.5. The van der Waals surface area contributed by atoms with Crippen LogP contribution in [0.15, 0.2) is 48.8 Å². The number of aryl methyl sites for hydroxylation is 1. The SMILES string of the molecule is Cc1ccc(NC(=O)N2CCN(Cc3cccnc3)CC2)cc1. The Morgan fingerprint density at radius 1 is 1.13 bits per heavy atom. The molecule has 1 aromatic heterocycles. The predicted octanol–water partition coefficient (Wildman–Crippen LogP) is 2.74. The molecule has 3 rings (SSSR count). The maximum absolute atomic E-state index is 12.3. The van der Waals surface area contributed by atoms with Crippen molar-refractivity contribution in [1.82, 2.24) is 14.8 Å². The van der Waals surface area contributed by atoms with Crippen molar-refractivity contribution < 1.29 is 4.79 Å². The number of pyridine rings is 1. The normalized spacial score (nSPS) is 15.4. The number of amides is 2. The zero-order valence-electron chi connectivity index (χ0n) is 13.4. The zero-order valence-corrected chi connectivity index (χ0v) is 13.4. The van der Waals surface area contributed by atoms with Gasteiger partial charge in [0.15, 0.2) is 0 Å². The van der Waals surface area contributed by atoms with Crippen molar-refractivity contribution in [3.63, 3.8) is 0 Å². The number of carbonyl (C=O) groups excluding carboxylic acids is 1. The number of nitrogens with one attached hydrogen (secondary N) is 1. The van der Waals surface area contributed by atoms with Crippen LogP contribution in [0.4, 0.5) is 10.5 Å². The third-order valence-corrected chi connectivity index (χ3v) is 4.09. The van der Waals surface area contributed by atoms with Gasteiger partial charge in [-0.05, 0) is 30.7 Å². The van der Waals surface area contributed by atoms with Crippen molar-refractivity contribution >= 4 is 11.7 Å². The number of nitrogens with zero attached hydrogens (tertiary/aromatic N) is 3. The first-order chi connectivity index (χ1) is 11.2. The summed E-state index contributed by atoms with van der Waals surface area (Å²) in [4.78, 5) is 20.7. The van der Waals surface area contributed by atoms with Gasteiger partial charge >= 0.3 is 6.03 Å². The van der Waals surface area contributed by atoms with Gasteiger partial charge in [0.25, 0.3) is 0 Å². The van der Waals surface area contributed by atoms with Crippen LogP contribution in [-0.2, 0) is 6.54 Å². The monoisotopic (exact) mass is 310 g/mol. The van der Waals surface area contributed by atoms with E-state index in [-0.39, 0.29) is 6.03 Å². The van der Waals surface area contributed by atoms with Gasteiger partial charge in [-0.15, -0.1) is 0 Å². The van der Waals surface area contributed by atoms with Gasteiger partial charge < -0.3 is 10.2 Å². The van der Waals surface area contributed by atoms with Crippen molar-refractivity contribution in [2.24, 2.45) is 0 Å². The Kier molecular flexibility index (Phi) is 4.88. The van der Waals surface area contributed by atoms with E-state index in [2.05, 4.69) is 21.3 Å². The van der Waals surface area contributed by atoms with Crippen LogP contribution in [0.1, 0.15) is 11.1 Å².